The van der Waals surface area contributed by atoms with Crippen molar-refractivity contribution in [1.82, 2.24) is 34.9 Å². The zero-order chi connectivity index (χ0) is 31.3. The second-order valence-corrected chi connectivity index (χ2v) is 12.2. The summed E-state index contributed by atoms with van der Waals surface area (Å²) in [6.07, 6.45) is 3.12. The van der Waals surface area contributed by atoms with Gasteiger partial charge in [0, 0.05) is 54.4 Å². The van der Waals surface area contributed by atoms with Crippen molar-refractivity contribution in [2.24, 2.45) is 0 Å². The molecule has 45 heavy (non-hydrogen) atoms. The number of nitrogens with one attached hydrogen (secondary N) is 2. The van der Waals surface area contributed by atoms with Gasteiger partial charge in [-0.1, -0.05) is 54.1 Å². The minimum atomic E-state index is -0.496. The summed E-state index contributed by atoms with van der Waals surface area (Å²) in [5.41, 5.74) is 3.85. The monoisotopic (exact) mass is 627 g/mol. The number of benzene rings is 2. The smallest absolute Gasteiger partial charge is 0.243 e. The Bertz CT molecular complexity index is 1650. The number of halogens is 1. The number of fused-ring (bicyclic) bond motifs is 2. The van der Waals surface area contributed by atoms with Crippen LogP contribution in [-0.4, -0.2) is 72.9 Å². The molecule has 3 amide bonds. The molecule has 2 aromatic heterocycles. The second-order valence-electron chi connectivity index (χ2n) is 11.7. The van der Waals surface area contributed by atoms with Crippen LogP contribution in [-0.2, 0) is 27.3 Å². The van der Waals surface area contributed by atoms with Gasteiger partial charge >= 0.3 is 0 Å². The standard InChI is InChI=1S/C34H38ClN7O3/c1-23-33-38-32(25-7-3-2-4-8-25)39-42(33)22-21-40(19-6-10-31(44)41-20-5-9-29(41)34(45)36-23)30(43)18-16-27-15-17-28(37-27)24-11-13-26(35)14-12-24/h2-4,7-8,11-15,17,23,29,37H,5-6,9-10,16,18-22H2,1H3,(H,36,45)/t23-,29-/m0/s1. The molecule has 1 saturated heterocycles. The zero-order valence-electron chi connectivity index (χ0n) is 25.4. The Morgan fingerprint density at radius 2 is 1.73 bits per heavy atom. The number of carbonyl (C=O) groups is 3. The van der Waals surface area contributed by atoms with E-state index < -0.39 is 12.1 Å². The quantitative estimate of drug-likeness (QED) is 0.322. The molecule has 2 aliphatic heterocycles. The van der Waals surface area contributed by atoms with Gasteiger partial charge < -0.3 is 20.1 Å². The molecule has 4 heterocycles. The Morgan fingerprint density at radius 1 is 0.933 bits per heavy atom. The first-order chi connectivity index (χ1) is 21.9. The highest BCUT2D eigenvalue weighted by molar-refractivity contribution is 6.30. The number of hydrogen-bond donors (Lipinski definition) is 2. The van der Waals surface area contributed by atoms with E-state index in [-0.39, 0.29) is 24.1 Å². The summed E-state index contributed by atoms with van der Waals surface area (Å²) >= 11 is 6.04. The van der Waals surface area contributed by atoms with E-state index in [4.69, 9.17) is 21.7 Å². The van der Waals surface area contributed by atoms with Crippen LogP contribution in [0.1, 0.15) is 56.6 Å². The van der Waals surface area contributed by atoms with Crippen LogP contribution in [0.25, 0.3) is 22.6 Å². The number of rotatable bonds is 5. The lowest BCUT2D eigenvalue weighted by Gasteiger charge is -2.28. The Morgan fingerprint density at radius 3 is 2.53 bits per heavy atom. The summed E-state index contributed by atoms with van der Waals surface area (Å²) in [5.74, 6) is 0.989. The van der Waals surface area contributed by atoms with Gasteiger partial charge in [-0.3, -0.25) is 14.4 Å². The van der Waals surface area contributed by atoms with Crippen molar-refractivity contribution < 1.29 is 14.4 Å². The molecule has 0 bridgehead atoms. The predicted octanol–water partition coefficient (Wildman–Crippen LogP) is 5.02. The van der Waals surface area contributed by atoms with Gasteiger partial charge in [0.15, 0.2) is 5.82 Å². The minimum absolute atomic E-state index is 0.0162. The van der Waals surface area contributed by atoms with Crippen molar-refractivity contribution in [2.45, 2.75) is 64.1 Å². The summed E-state index contributed by atoms with van der Waals surface area (Å²) in [5, 5.41) is 8.58. The van der Waals surface area contributed by atoms with Gasteiger partial charge in [0.05, 0.1) is 12.6 Å². The third kappa shape index (κ3) is 7.12. The fourth-order valence-corrected chi connectivity index (χ4v) is 6.31. The van der Waals surface area contributed by atoms with Crippen molar-refractivity contribution in [3.05, 3.63) is 83.3 Å². The fourth-order valence-electron chi connectivity index (χ4n) is 6.19. The van der Waals surface area contributed by atoms with Gasteiger partial charge in [0.2, 0.25) is 17.7 Å². The van der Waals surface area contributed by atoms with Gasteiger partial charge in [-0.05, 0) is 62.4 Å². The van der Waals surface area contributed by atoms with Crippen molar-refractivity contribution in [3.63, 3.8) is 0 Å². The third-order valence-electron chi connectivity index (χ3n) is 8.62. The molecule has 4 aromatic rings. The lowest BCUT2D eigenvalue weighted by molar-refractivity contribution is -0.139. The average Bonchev–Trinajstić information content (AvgIpc) is 3.82. The van der Waals surface area contributed by atoms with E-state index in [0.29, 0.717) is 68.5 Å². The molecule has 0 aliphatic carbocycles. The Balaban J connectivity index is 1.21. The normalized spacial score (nSPS) is 19.5. The molecular weight excluding hydrogens is 590 g/mol. The summed E-state index contributed by atoms with van der Waals surface area (Å²) in [7, 11) is 0. The molecule has 2 aliphatic rings. The summed E-state index contributed by atoms with van der Waals surface area (Å²) in [6, 6.07) is 20.4. The maximum absolute atomic E-state index is 13.6. The highest BCUT2D eigenvalue weighted by atomic mass is 35.5. The SMILES string of the molecule is C[C@@H]1NC(=O)[C@@H]2CCCN2C(=O)CCCN(C(=O)CCc2ccc(-c3ccc(Cl)cc3)[nH]2)CCn2nc(-c3ccccc3)nc21. The molecule has 6 rings (SSSR count). The molecule has 10 nitrogen and oxygen atoms in total. The van der Waals surface area contributed by atoms with Crippen LogP contribution >= 0.6 is 11.6 Å². The van der Waals surface area contributed by atoms with Gasteiger partial charge in [-0.25, -0.2) is 9.67 Å². The van der Waals surface area contributed by atoms with E-state index in [1.807, 2.05) is 78.6 Å². The number of hydrogen-bond acceptors (Lipinski definition) is 5. The van der Waals surface area contributed by atoms with Gasteiger partial charge in [-0.2, -0.15) is 5.10 Å². The van der Waals surface area contributed by atoms with Crippen LogP contribution < -0.4 is 5.32 Å². The van der Waals surface area contributed by atoms with E-state index >= 15 is 0 Å². The summed E-state index contributed by atoms with van der Waals surface area (Å²) in [4.78, 5) is 51.9. The number of nitrogens with zero attached hydrogens (tertiary/aromatic N) is 5. The van der Waals surface area contributed by atoms with Crippen molar-refractivity contribution in [3.8, 4) is 22.6 Å². The van der Waals surface area contributed by atoms with Crippen LogP contribution in [0.3, 0.4) is 0 Å². The van der Waals surface area contributed by atoms with E-state index in [1.54, 1.807) is 9.58 Å². The maximum atomic E-state index is 13.6. The van der Waals surface area contributed by atoms with Gasteiger partial charge in [0.1, 0.15) is 11.9 Å². The largest absolute Gasteiger partial charge is 0.358 e. The zero-order valence-corrected chi connectivity index (χ0v) is 26.2. The molecule has 11 heteroatoms. The fraction of sp³-hybridized carbons (Fsp3) is 0.382. The summed E-state index contributed by atoms with van der Waals surface area (Å²) < 4.78 is 1.81. The Hall–Kier alpha value is -4.44. The van der Waals surface area contributed by atoms with Crippen LogP contribution in [0, 0.1) is 0 Å². The lowest BCUT2D eigenvalue weighted by Crippen LogP contribution is -2.47. The molecule has 2 aromatic carbocycles. The van der Waals surface area contributed by atoms with Crippen molar-refractivity contribution in [2.75, 3.05) is 19.6 Å². The minimum Gasteiger partial charge on any atom is -0.358 e. The van der Waals surface area contributed by atoms with E-state index in [2.05, 4.69) is 10.3 Å². The predicted molar refractivity (Wildman–Crippen MR) is 172 cm³/mol. The molecule has 0 spiro atoms. The maximum Gasteiger partial charge on any atom is 0.243 e. The molecule has 234 valence electrons. The van der Waals surface area contributed by atoms with Crippen molar-refractivity contribution >= 4 is 29.3 Å². The van der Waals surface area contributed by atoms with Crippen LogP contribution in [0.5, 0.6) is 0 Å². The number of aromatic nitrogens is 4. The topological polar surface area (TPSA) is 116 Å². The van der Waals surface area contributed by atoms with Crippen LogP contribution in [0.15, 0.2) is 66.7 Å². The number of amides is 3. The van der Waals surface area contributed by atoms with Gasteiger partial charge in [-0.15, -0.1) is 0 Å². The van der Waals surface area contributed by atoms with Crippen LogP contribution in [0.4, 0.5) is 0 Å². The van der Waals surface area contributed by atoms with Gasteiger partial charge in [0.25, 0.3) is 0 Å². The third-order valence-corrected chi connectivity index (χ3v) is 8.87. The average molecular weight is 628 g/mol. The first-order valence-corrected chi connectivity index (χ1v) is 16.0. The number of carbonyl (C=O) groups excluding carboxylic acids is 3. The molecular formula is C34H38ClN7O3. The molecule has 0 saturated carbocycles. The molecule has 1 fully saturated rings. The molecule has 2 atom stereocenters. The van der Waals surface area contributed by atoms with Crippen molar-refractivity contribution in [1.29, 1.82) is 0 Å². The Kier molecular flexibility index (Phi) is 9.30. The lowest BCUT2D eigenvalue weighted by atomic mass is 10.1. The van der Waals surface area contributed by atoms with E-state index in [0.717, 1.165) is 28.9 Å². The number of aromatic amines is 1. The first kappa shape index (κ1) is 30.6. The Labute approximate surface area is 267 Å². The molecule has 0 radical (unpaired) electrons. The molecule has 0 unspecified atom stereocenters. The van der Waals surface area contributed by atoms with E-state index in [1.165, 1.54) is 0 Å². The number of aryl methyl sites for hydroxylation is 1. The number of H-pyrrole nitrogens is 1. The first-order valence-electron chi connectivity index (χ1n) is 15.7. The molecule has 2 N–H and O–H groups in total. The summed E-state index contributed by atoms with van der Waals surface area (Å²) in [6.45, 7) is 3.72. The second kappa shape index (κ2) is 13.7. The van der Waals surface area contributed by atoms with E-state index in [9.17, 15) is 14.4 Å². The highest BCUT2D eigenvalue weighted by Crippen LogP contribution is 2.24. The van der Waals surface area contributed by atoms with Crippen LogP contribution in [0.2, 0.25) is 5.02 Å². The highest BCUT2D eigenvalue weighted by Gasteiger charge is 2.35.